The molecule has 0 aromatic rings. The van der Waals surface area contributed by atoms with E-state index in [0.29, 0.717) is 6.04 Å². The van der Waals surface area contributed by atoms with Crippen LogP contribution in [0.15, 0.2) is 0 Å². The van der Waals surface area contributed by atoms with Gasteiger partial charge in [0.2, 0.25) is 0 Å². The minimum Gasteiger partial charge on any atom is -0.379 e. The van der Waals surface area contributed by atoms with Crippen molar-refractivity contribution in [3.05, 3.63) is 0 Å². The number of ether oxygens (including phenoxy) is 2. The van der Waals surface area contributed by atoms with Crippen LogP contribution in [-0.2, 0) is 9.47 Å². The molecule has 0 bridgehead atoms. The van der Waals surface area contributed by atoms with Crippen molar-refractivity contribution in [2.24, 2.45) is 0 Å². The van der Waals surface area contributed by atoms with Crippen LogP contribution in [0.1, 0.15) is 51.9 Å². The van der Waals surface area contributed by atoms with Crippen molar-refractivity contribution in [2.75, 3.05) is 26.9 Å². The SMILES string of the molecule is CCCCCCCCOC1COCCC1NC. The molecule has 0 aromatic carbocycles. The van der Waals surface area contributed by atoms with Gasteiger partial charge in [0.25, 0.3) is 0 Å². The Balaban J connectivity index is 1.97. The molecule has 3 heteroatoms. The van der Waals surface area contributed by atoms with Crippen molar-refractivity contribution < 1.29 is 9.47 Å². The number of rotatable bonds is 9. The Morgan fingerprint density at radius 3 is 2.71 bits per heavy atom. The maximum atomic E-state index is 5.91. The minimum absolute atomic E-state index is 0.254. The van der Waals surface area contributed by atoms with Crippen molar-refractivity contribution in [1.29, 1.82) is 0 Å². The minimum atomic E-state index is 0.254. The van der Waals surface area contributed by atoms with Gasteiger partial charge in [-0.3, -0.25) is 0 Å². The van der Waals surface area contributed by atoms with Crippen LogP contribution in [0.4, 0.5) is 0 Å². The molecule has 0 saturated carbocycles. The molecule has 0 aliphatic carbocycles. The van der Waals surface area contributed by atoms with E-state index in [1.807, 2.05) is 7.05 Å². The van der Waals surface area contributed by atoms with E-state index in [-0.39, 0.29) is 6.10 Å². The van der Waals surface area contributed by atoms with E-state index in [4.69, 9.17) is 9.47 Å². The molecule has 0 amide bonds. The van der Waals surface area contributed by atoms with Gasteiger partial charge in [0.15, 0.2) is 0 Å². The lowest BCUT2D eigenvalue weighted by Gasteiger charge is -2.31. The van der Waals surface area contributed by atoms with Crippen LogP contribution in [0.2, 0.25) is 0 Å². The fourth-order valence-corrected chi connectivity index (χ4v) is 2.32. The molecule has 17 heavy (non-hydrogen) atoms. The average molecular weight is 243 g/mol. The highest BCUT2D eigenvalue weighted by Crippen LogP contribution is 2.12. The van der Waals surface area contributed by atoms with Gasteiger partial charge in [0.1, 0.15) is 0 Å². The number of hydrogen-bond donors (Lipinski definition) is 1. The number of likely N-dealkylation sites (N-methyl/N-ethyl adjacent to an activating group) is 1. The van der Waals surface area contributed by atoms with E-state index >= 15 is 0 Å². The Hall–Kier alpha value is -0.120. The Morgan fingerprint density at radius 1 is 1.18 bits per heavy atom. The van der Waals surface area contributed by atoms with Gasteiger partial charge in [-0.1, -0.05) is 39.0 Å². The van der Waals surface area contributed by atoms with E-state index in [1.54, 1.807) is 0 Å². The molecule has 1 saturated heterocycles. The zero-order valence-corrected chi connectivity index (χ0v) is 11.5. The molecule has 2 unspecified atom stereocenters. The van der Waals surface area contributed by atoms with Crippen LogP contribution < -0.4 is 5.32 Å². The van der Waals surface area contributed by atoms with E-state index in [1.165, 1.54) is 38.5 Å². The first-order valence-electron chi connectivity index (χ1n) is 7.25. The van der Waals surface area contributed by atoms with Crippen molar-refractivity contribution in [3.8, 4) is 0 Å². The molecule has 0 aromatic heterocycles. The molecule has 1 aliphatic heterocycles. The molecule has 0 spiro atoms. The molecule has 1 fully saturated rings. The van der Waals surface area contributed by atoms with Crippen molar-refractivity contribution >= 4 is 0 Å². The highest BCUT2D eigenvalue weighted by atomic mass is 16.5. The fourth-order valence-electron chi connectivity index (χ4n) is 2.32. The predicted molar refractivity (Wildman–Crippen MR) is 71.4 cm³/mol. The second-order valence-corrected chi connectivity index (χ2v) is 4.94. The third kappa shape index (κ3) is 6.39. The monoisotopic (exact) mass is 243 g/mol. The van der Waals surface area contributed by atoms with Crippen LogP contribution in [0, 0.1) is 0 Å². The lowest BCUT2D eigenvalue weighted by Crippen LogP contribution is -2.46. The summed E-state index contributed by atoms with van der Waals surface area (Å²) in [5, 5.41) is 3.32. The zero-order chi connectivity index (χ0) is 12.3. The third-order valence-electron chi connectivity index (χ3n) is 3.50. The van der Waals surface area contributed by atoms with Gasteiger partial charge in [-0.05, 0) is 19.9 Å². The van der Waals surface area contributed by atoms with Gasteiger partial charge in [-0.15, -0.1) is 0 Å². The lowest BCUT2D eigenvalue weighted by molar-refractivity contribution is -0.0681. The summed E-state index contributed by atoms with van der Waals surface area (Å²) >= 11 is 0. The standard InChI is InChI=1S/C14H29NO2/c1-3-4-5-6-7-8-10-17-14-12-16-11-9-13(14)15-2/h13-15H,3-12H2,1-2H3. The smallest absolute Gasteiger partial charge is 0.0961 e. The van der Waals surface area contributed by atoms with E-state index in [0.717, 1.165) is 26.2 Å². The Bertz CT molecular complexity index is 176. The zero-order valence-electron chi connectivity index (χ0n) is 11.5. The first-order chi connectivity index (χ1) is 8.38. The van der Waals surface area contributed by atoms with Crippen LogP contribution in [-0.4, -0.2) is 39.0 Å². The Morgan fingerprint density at radius 2 is 1.94 bits per heavy atom. The van der Waals surface area contributed by atoms with Gasteiger partial charge in [0.05, 0.1) is 12.7 Å². The van der Waals surface area contributed by atoms with E-state index < -0.39 is 0 Å². The number of nitrogens with one attached hydrogen (secondary N) is 1. The predicted octanol–water partition coefficient (Wildman–Crippen LogP) is 2.74. The number of hydrogen-bond acceptors (Lipinski definition) is 3. The summed E-state index contributed by atoms with van der Waals surface area (Å²) < 4.78 is 11.4. The molecule has 2 atom stereocenters. The molecule has 1 N–H and O–H groups in total. The second kappa shape index (κ2) is 9.86. The first-order valence-corrected chi connectivity index (χ1v) is 7.25. The van der Waals surface area contributed by atoms with Gasteiger partial charge < -0.3 is 14.8 Å². The van der Waals surface area contributed by atoms with Crippen molar-refractivity contribution in [2.45, 2.75) is 64.0 Å². The summed E-state index contributed by atoms with van der Waals surface area (Å²) in [5.41, 5.74) is 0. The molecule has 102 valence electrons. The summed E-state index contributed by atoms with van der Waals surface area (Å²) in [6.07, 6.45) is 9.24. The Labute approximate surface area is 106 Å². The van der Waals surface area contributed by atoms with Gasteiger partial charge in [-0.25, -0.2) is 0 Å². The van der Waals surface area contributed by atoms with Crippen LogP contribution in [0.25, 0.3) is 0 Å². The largest absolute Gasteiger partial charge is 0.379 e. The molecule has 1 aliphatic rings. The summed E-state index contributed by atoms with van der Waals surface area (Å²) in [6.45, 7) is 4.76. The fraction of sp³-hybridized carbons (Fsp3) is 1.00. The maximum Gasteiger partial charge on any atom is 0.0961 e. The van der Waals surface area contributed by atoms with Crippen LogP contribution in [0.5, 0.6) is 0 Å². The topological polar surface area (TPSA) is 30.5 Å². The van der Waals surface area contributed by atoms with Crippen LogP contribution in [0.3, 0.4) is 0 Å². The summed E-state index contributed by atoms with van der Waals surface area (Å²) in [6, 6.07) is 0.476. The summed E-state index contributed by atoms with van der Waals surface area (Å²) in [4.78, 5) is 0. The second-order valence-electron chi connectivity index (χ2n) is 4.94. The molecule has 0 radical (unpaired) electrons. The van der Waals surface area contributed by atoms with Gasteiger partial charge >= 0.3 is 0 Å². The van der Waals surface area contributed by atoms with Gasteiger partial charge in [0, 0.05) is 19.3 Å². The van der Waals surface area contributed by atoms with Crippen LogP contribution >= 0.6 is 0 Å². The third-order valence-corrected chi connectivity index (χ3v) is 3.50. The van der Waals surface area contributed by atoms with E-state index in [2.05, 4.69) is 12.2 Å². The van der Waals surface area contributed by atoms with Crippen molar-refractivity contribution in [1.82, 2.24) is 5.32 Å². The van der Waals surface area contributed by atoms with E-state index in [9.17, 15) is 0 Å². The highest BCUT2D eigenvalue weighted by Gasteiger charge is 2.24. The maximum absolute atomic E-state index is 5.91. The van der Waals surface area contributed by atoms with Gasteiger partial charge in [-0.2, -0.15) is 0 Å². The number of unbranched alkanes of at least 4 members (excludes halogenated alkanes) is 5. The normalized spacial score (nSPS) is 25.1. The Kier molecular flexibility index (Phi) is 8.67. The molecular formula is C14H29NO2. The molecule has 1 rings (SSSR count). The molecular weight excluding hydrogens is 214 g/mol. The molecule has 3 nitrogen and oxygen atoms in total. The highest BCUT2D eigenvalue weighted by molar-refractivity contribution is 4.79. The molecule has 1 heterocycles. The summed E-state index contributed by atoms with van der Waals surface area (Å²) in [7, 11) is 2.01. The quantitative estimate of drug-likeness (QED) is 0.632. The lowest BCUT2D eigenvalue weighted by atomic mass is 10.1. The summed E-state index contributed by atoms with van der Waals surface area (Å²) in [5.74, 6) is 0. The average Bonchev–Trinajstić information content (AvgIpc) is 2.38. The first kappa shape index (κ1) is 14.9. The van der Waals surface area contributed by atoms with Crippen molar-refractivity contribution in [3.63, 3.8) is 0 Å².